The molecule has 32 heavy (non-hydrogen) atoms. The van der Waals surface area contributed by atoms with Gasteiger partial charge in [-0.3, -0.25) is 4.79 Å². The Hall–Kier alpha value is -3.78. The normalized spacial score (nSPS) is 11.2. The van der Waals surface area contributed by atoms with Crippen LogP contribution in [0.2, 0.25) is 0 Å². The molecule has 1 heterocycles. The fraction of sp³-hybridized carbons (Fsp3) is 0.125. The molecule has 0 aliphatic rings. The summed E-state index contributed by atoms with van der Waals surface area (Å²) < 4.78 is 7.19. The van der Waals surface area contributed by atoms with Crippen molar-refractivity contribution in [1.29, 1.82) is 0 Å². The van der Waals surface area contributed by atoms with E-state index in [0.29, 0.717) is 17.9 Å². The van der Waals surface area contributed by atoms with Gasteiger partial charge in [0.15, 0.2) is 16.7 Å². The zero-order valence-corrected chi connectivity index (χ0v) is 18.2. The lowest BCUT2D eigenvalue weighted by Crippen LogP contribution is -2.20. The molecule has 7 nitrogen and oxygen atoms in total. The second-order valence-corrected chi connectivity index (χ2v) is 7.91. The van der Waals surface area contributed by atoms with E-state index in [4.69, 9.17) is 9.72 Å². The van der Waals surface area contributed by atoms with E-state index in [-0.39, 0.29) is 17.4 Å². The predicted molar refractivity (Wildman–Crippen MR) is 126 cm³/mol. The summed E-state index contributed by atoms with van der Waals surface area (Å²) in [7, 11) is 1.47. The molecule has 0 spiro atoms. The second kappa shape index (κ2) is 10.0. The van der Waals surface area contributed by atoms with E-state index in [2.05, 4.69) is 27.2 Å². The lowest BCUT2D eigenvalue weighted by molar-refractivity contribution is -0.118. The van der Waals surface area contributed by atoms with Gasteiger partial charge < -0.3 is 14.4 Å². The number of nitrogens with one attached hydrogen (secondary N) is 1. The van der Waals surface area contributed by atoms with Crippen LogP contribution in [0.4, 0.5) is 0 Å². The van der Waals surface area contributed by atoms with Gasteiger partial charge >= 0.3 is 0 Å². The van der Waals surface area contributed by atoms with Crippen LogP contribution in [-0.2, 0) is 11.3 Å². The minimum absolute atomic E-state index is 0.0449. The number of hydrogen-bond acceptors (Lipinski definition) is 6. The van der Waals surface area contributed by atoms with E-state index in [1.807, 2.05) is 42.5 Å². The summed E-state index contributed by atoms with van der Waals surface area (Å²) >= 11 is 1.37. The maximum absolute atomic E-state index is 12.3. The molecule has 162 valence electrons. The van der Waals surface area contributed by atoms with Crippen molar-refractivity contribution in [1.82, 2.24) is 15.0 Å². The van der Waals surface area contributed by atoms with Crippen molar-refractivity contribution in [3.63, 3.8) is 0 Å². The van der Waals surface area contributed by atoms with Gasteiger partial charge in [-0.05, 0) is 41.5 Å². The Balaban J connectivity index is 1.42. The molecule has 1 aromatic heterocycles. The lowest BCUT2D eigenvalue weighted by atomic mass is 10.2. The van der Waals surface area contributed by atoms with Crippen molar-refractivity contribution >= 4 is 34.9 Å². The minimum Gasteiger partial charge on any atom is -0.504 e. The first-order valence-electron chi connectivity index (χ1n) is 9.95. The van der Waals surface area contributed by atoms with Crippen molar-refractivity contribution in [2.24, 2.45) is 5.10 Å². The predicted octanol–water partition coefficient (Wildman–Crippen LogP) is 4.04. The van der Waals surface area contributed by atoms with Crippen LogP contribution < -0.4 is 10.2 Å². The molecular weight excluding hydrogens is 424 g/mol. The van der Waals surface area contributed by atoms with E-state index in [1.54, 1.807) is 12.1 Å². The van der Waals surface area contributed by atoms with Gasteiger partial charge in [-0.1, -0.05) is 54.2 Å². The smallest absolute Gasteiger partial charge is 0.250 e. The monoisotopic (exact) mass is 446 g/mol. The first kappa shape index (κ1) is 21.5. The number of amides is 1. The maximum atomic E-state index is 12.3. The van der Waals surface area contributed by atoms with Crippen LogP contribution in [0, 0.1) is 0 Å². The Morgan fingerprint density at radius 3 is 2.75 bits per heavy atom. The summed E-state index contributed by atoms with van der Waals surface area (Å²) in [4.78, 5) is 17.0. The van der Waals surface area contributed by atoms with Crippen LogP contribution in [0.25, 0.3) is 11.0 Å². The number of carbonyl (C=O) groups is 1. The van der Waals surface area contributed by atoms with E-state index < -0.39 is 0 Å². The van der Waals surface area contributed by atoms with Gasteiger partial charge in [0.2, 0.25) is 0 Å². The molecule has 0 atom stereocenters. The average Bonchev–Trinajstić information content (AvgIpc) is 3.17. The number of phenolic OH excluding ortho intramolecular Hbond substituents is 1. The average molecular weight is 447 g/mol. The third-order valence-electron chi connectivity index (χ3n) is 4.74. The number of fused-ring (bicyclic) bond motifs is 1. The molecule has 8 heteroatoms. The van der Waals surface area contributed by atoms with Gasteiger partial charge in [0.25, 0.3) is 5.91 Å². The number of carbonyl (C=O) groups excluding carboxylic acids is 1. The molecule has 0 fully saturated rings. The minimum atomic E-state index is -0.240. The second-order valence-electron chi connectivity index (χ2n) is 6.97. The standard InChI is InChI=1S/C24H22N4O3S/c1-31-22-13-18(11-12-21(22)29)14-25-27-23(30)16-32-24-26-19-9-5-6-10-20(19)28(24)15-17-7-3-2-4-8-17/h2-14,29H,15-16H2,1H3,(H,27,30). The highest BCUT2D eigenvalue weighted by Crippen LogP contribution is 2.26. The topological polar surface area (TPSA) is 88.7 Å². The highest BCUT2D eigenvalue weighted by atomic mass is 32.2. The highest BCUT2D eigenvalue weighted by Gasteiger charge is 2.13. The van der Waals surface area contributed by atoms with E-state index in [9.17, 15) is 9.90 Å². The van der Waals surface area contributed by atoms with Crippen molar-refractivity contribution in [3.05, 3.63) is 83.9 Å². The molecule has 0 bridgehead atoms. The third-order valence-corrected chi connectivity index (χ3v) is 5.72. The number of imidazole rings is 1. The Bertz CT molecular complexity index is 1250. The van der Waals surface area contributed by atoms with Gasteiger partial charge in [-0.2, -0.15) is 5.10 Å². The van der Waals surface area contributed by atoms with Crippen LogP contribution in [0.3, 0.4) is 0 Å². The molecule has 0 saturated heterocycles. The number of ether oxygens (including phenoxy) is 1. The number of methoxy groups -OCH3 is 1. The van der Waals surface area contributed by atoms with Crippen LogP contribution in [0.5, 0.6) is 11.5 Å². The summed E-state index contributed by atoms with van der Waals surface area (Å²) in [6, 6.07) is 22.9. The first-order chi connectivity index (χ1) is 15.6. The van der Waals surface area contributed by atoms with Gasteiger partial charge in [0.05, 0.1) is 36.7 Å². The first-order valence-corrected chi connectivity index (χ1v) is 10.9. The van der Waals surface area contributed by atoms with Crippen molar-refractivity contribution in [2.45, 2.75) is 11.7 Å². The molecule has 0 unspecified atom stereocenters. The van der Waals surface area contributed by atoms with Gasteiger partial charge in [0, 0.05) is 0 Å². The SMILES string of the molecule is COc1cc(C=NNC(=O)CSc2nc3ccccc3n2Cc2ccccc2)ccc1O. The third kappa shape index (κ3) is 5.09. The fourth-order valence-corrected chi connectivity index (χ4v) is 4.00. The van der Waals surface area contributed by atoms with E-state index >= 15 is 0 Å². The van der Waals surface area contributed by atoms with Gasteiger partial charge in [-0.15, -0.1) is 0 Å². The van der Waals surface area contributed by atoms with Crippen LogP contribution >= 0.6 is 11.8 Å². The Morgan fingerprint density at radius 1 is 1.16 bits per heavy atom. The number of phenols is 1. The molecule has 0 saturated carbocycles. The zero-order chi connectivity index (χ0) is 22.3. The number of aromatic hydroxyl groups is 1. The van der Waals surface area contributed by atoms with E-state index in [1.165, 1.54) is 31.2 Å². The highest BCUT2D eigenvalue weighted by molar-refractivity contribution is 7.99. The number of hydrogen-bond donors (Lipinski definition) is 2. The summed E-state index contributed by atoms with van der Waals surface area (Å²) in [5, 5.41) is 14.4. The van der Waals surface area contributed by atoms with Crippen molar-refractivity contribution < 1.29 is 14.6 Å². The van der Waals surface area contributed by atoms with Gasteiger partial charge in [-0.25, -0.2) is 10.4 Å². The molecular formula is C24H22N4O3S. The maximum Gasteiger partial charge on any atom is 0.250 e. The lowest BCUT2D eigenvalue weighted by Gasteiger charge is -2.09. The van der Waals surface area contributed by atoms with E-state index in [0.717, 1.165) is 21.8 Å². The Morgan fingerprint density at radius 2 is 1.94 bits per heavy atom. The molecule has 0 aliphatic carbocycles. The Labute approximate surface area is 189 Å². The molecule has 0 aliphatic heterocycles. The fourth-order valence-electron chi connectivity index (χ4n) is 3.20. The zero-order valence-electron chi connectivity index (χ0n) is 17.4. The molecule has 0 radical (unpaired) electrons. The largest absolute Gasteiger partial charge is 0.504 e. The summed E-state index contributed by atoms with van der Waals surface area (Å²) in [5.74, 6) is 0.320. The van der Waals surface area contributed by atoms with Crippen LogP contribution in [0.15, 0.2) is 83.1 Å². The molecule has 4 rings (SSSR count). The Kier molecular flexibility index (Phi) is 6.72. The number of hydrazone groups is 1. The van der Waals surface area contributed by atoms with Crippen molar-refractivity contribution in [3.8, 4) is 11.5 Å². The number of thioether (sulfide) groups is 1. The number of para-hydroxylation sites is 2. The van der Waals surface area contributed by atoms with Crippen molar-refractivity contribution in [2.75, 3.05) is 12.9 Å². The van der Waals surface area contributed by atoms with Crippen LogP contribution in [0.1, 0.15) is 11.1 Å². The molecule has 1 amide bonds. The molecule has 3 aromatic carbocycles. The quantitative estimate of drug-likeness (QED) is 0.242. The number of benzene rings is 3. The van der Waals surface area contributed by atoms with Crippen LogP contribution in [-0.4, -0.2) is 39.6 Å². The molecule has 2 N–H and O–H groups in total. The summed E-state index contributed by atoms with van der Waals surface area (Å²) in [6.45, 7) is 0.673. The molecule has 4 aromatic rings. The summed E-state index contributed by atoms with van der Waals surface area (Å²) in [6.07, 6.45) is 1.50. The number of aromatic nitrogens is 2. The number of rotatable bonds is 8. The summed E-state index contributed by atoms with van der Waals surface area (Å²) in [5.41, 5.74) is 6.30. The number of nitrogens with zero attached hydrogens (tertiary/aromatic N) is 3. The van der Waals surface area contributed by atoms with Gasteiger partial charge in [0.1, 0.15) is 0 Å².